The first-order chi connectivity index (χ1) is 10.1. The van der Waals surface area contributed by atoms with Crippen LogP contribution in [0.5, 0.6) is 0 Å². The summed E-state index contributed by atoms with van der Waals surface area (Å²) in [4.78, 5) is 43.9. The Kier molecular flexibility index (Phi) is 8.40. The van der Waals surface area contributed by atoms with Gasteiger partial charge in [-0.05, 0) is 6.42 Å². The van der Waals surface area contributed by atoms with E-state index in [0.717, 1.165) is 0 Å². The van der Waals surface area contributed by atoms with Crippen LogP contribution >= 0.6 is 0 Å². The summed E-state index contributed by atoms with van der Waals surface area (Å²) in [5.74, 6) is -4.51. The summed E-state index contributed by atoms with van der Waals surface area (Å²) in [5.41, 5.74) is 5.19. The molecule has 0 heterocycles. The van der Waals surface area contributed by atoms with E-state index in [1.54, 1.807) is 0 Å². The number of nitrogens with one attached hydrogen (secondary N) is 2. The molecule has 0 aromatic heterocycles. The molecule has 0 aromatic carbocycles. The lowest BCUT2D eigenvalue weighted by Crippen LogP contribution is -2.49. The number of carboxylic acid groups (broad SMARTS) is 2. The molecule has 0 saturated carbocycles. The van der Waals surface area contributed by atoms with Crippen LogP contribution in [0.15, 0.2) is 0 Å². The first kappa shape index (κ1) is 19.5. The molecule has 0 radical (unpaired) electrons. The third-order valence-electron chi connectivity index (χ3n) is 2.26. The van der Waals surface area contributed by atoms with Crippen molar-refractivity contribution in [2.45, 2.75) is 24.9 Å². The molecule has 2 amide bonds. The molecule has 0 spiro atoms. The minimum absolute atomic E-state index is 0.217. The molecule has 124 valence electrons. The van der Waals surface area contributed by atoms with E-state index in [1.165, 1.54) is 0 Å². The van der Waals surface area contributed by atoms with E-state index in [1.807, 2.05) is 10.6 Å². The first-order valence-corrected chi connectivity index (χ1v) is 6.97. The second-order valence-corrected chi connectivity index (χ2v) is 4.83. The molecule has 0 saturated heterocycles. The highest BCUT2D eigenvalue weighted by molar-refractivity contribution is 7.71. The lowest BCUT2D eigenvalue weighted by atomic mass is 10.1. The van der Waals surface area contributed by atoms with Crippen molar-refractivity contribution >= 4 is 39.4 Å². The van der Waals surface area contributed by atoms with Gasteiger partial charge in [-0.2, -0.15) is 8.42 Å². The Hall–Kier alpha value is -2.47. The highest BCUT2D eigenvalue weighted by atomic mass is 32.2. The molecule has 2 atom stereocenters. The van der Waals surface area contributed by atoms with E-state index in [0.29, 0.717) is 5.37 Å². The molecule has 22 heavy (non-hydrogen) atoms. The third kappa shape index (κ3) is 8.65. The van der Waals surface area contributed by atoms with Gasteiger partial charge >= 0.3 is 11.9 Å². The lowest BCUT2D eigenvalue weighted by molar-refractivity contribution is -0.139. The molecule has 6 N–H and O–H groups in total. The van der Waals surface area contributed by atoms with Crippen molar-refractivity contribution in [1.29, 1.82) is 0 Å². The van der Waals surface area contributed by atoms with Gasteiger partial charge in [0.1, 0.15) is 18.6 Å². The number of amides is 2. The Morgan fingerprint density at radius 2 is 1.77 bits per heavy atom. The van der Waals surface area contributed by atoms with E-state index >= 15 is 0 Å². The minimum atomic E-state index is -2.78. The van der Waals surface area contributed by atoms with E-state index in [4.69, 9.17) is 15.9 Å². The fraction of sp³-hybridized carbons (Fsp3) is 0.500. The van der Waals surface area contributed by atoms with Gasteiger partial charge in [-0.25, -0.2) is 0 Å². The fourth-order valence-electron chi connectivity index (χ4n) is 1.20. The molecular formula is C10H15N3O8S. The van der Waals surface area contributed by atoms with E-state index in [9.17, 15) is 27.6 Å². The van der Waals surface area contributed by atoms with Crippen LogP contribution in [0.4, 0.5) is 0 Å². The zero-order chi connectivity index (χ0) is 17.3. The summed E-state index contributed by atoms with van der Waals surface area (Å²) >= 11 is 0. The molecule has 12 heteroatoms. The number of carbonyl (C=O) groups excluding carboxylic acids is 2. The molecule has 0 fully saturated rings. The van der Waals surface area contributed by atoms with Crippen molar-refractivity contribution in [2.75, 3.05) is 6.54 Å². The van der Waals surface area contributed by atoms with Gasteiger partial charge in [0.25, 0.3) is 0 Å². The van der Waals surface area contributed by atoms with Crippen LogP contribution in [0.2, 0.25) is 0 Å². The first-order valence-electron chi connectivity index (χ1n) is 5.83. The molecule has 0 aliphatic carbocycles. The minimum Gasteiger partial charge on any atom is -0.480 e. The van der Waals surface area contributed by atoms with Gasteiger partial charge in [0, 0.05) is 6.42 Å². The van der Waals surface area contributed by atoms with Crippen LogP contribution in [0.3, 0.4) is 0 Å². The van der Waals surface area contributed by atoms with Crippen LogP contribution in [0.25, 0.3) is 0 Å². The average molecular weight is 337 g/mol. The predicted molar refractivity (Wildman–Crippen MR) is 72.4 cm³/mol. The van der Waals surface area contributed by atoms with Crippen LogP contribution in [0, 0.1) is 0 Å². The van der Waals surface area contributed by atoms with Gasteiger partial charge in [0.2, 0.25) is 22.1 Å². The standard InChI is InChI=1S/C10H15N3O8S/c11-5(10(18)19)1-2-7(14)13-6(4-22(20)21)9(17)12-3-8(15)16/h4-6H,1-3,11H2,(H,12,17)(H,13,14)(H,15,16)(H,18,19)/t5-,6-/m0/s1. The van der Waals surface area contributed by atoms with Crippen LogP contribution < -0.4 is 16.4 Å². The van der Waals surface area contributed by atoms with Crippen LogP contribution in [-0.4, -0.2) is 66.4 Å². The zero-order valence-corrected chi connectivity index (χ0v) is 12.0. The van der Waals surface area contributed by atoms with Crippen molar-refractivity contribution < 1.29 is 37.8 Å². The number of carboxylic acids is 2. The van der Waals surface area contributed by atoms with Gasteiger partial charge < -0.3 is 26.6 Å². The highest BCUT2D eigenvalue weighted by Crippen LogP contribution is 1.95. The predicted octanol–water partition coefficient (Wildman–Crippen LogP) is -3.45. The Labute approximate surface area is 126 Å². The van der Waals surface area contributed by atoms with Crippen molar-refractivity contribution in [3.63, 3.8) is 0 Å². The second kappa shape index (κ2) is 9.46. The van der Waals surface area contributed by atoms with E-state index in [2.05, 4.69) is 0 Å². The molecule has 0 rings (SSSR count). The fourth-order valence-corrected chi connectivity index (χ4v) is 1.61. The third-order valence-corrected chi connectivity index (χ3v) is 2.75. The largest absolute Gasteiger partial charge is 0.480 e. The zero-order valence-electron chi connectivity index (χ0n) is 11.2. The number of rotatable bonds is 9. The molecular weight excluding hydrogens is 322 g/mol. The average Bonchev–Trinajstić information content (AvgIpc) is 2.40. The van der Waals surface area contributed by atoms with Gasteiger partial charge in [0.05, 0.1) is 5.37 Å². The maximum Gasteiger partial charge on any atom is 0.322 e. The van der Waals surface area contributed by atoms with Crippen molar-refractivity contribution in [3.05, 3.63) is 0 Å². The smallest absolute Gasteiger partial charge is 0.322 e. The Balaban J connectivity index is 4.68. The second-order valence-electron chi connectivity index (χ2n) is 4.04. The molecule has 11 nitrogen and oxygen atoms in total. The van der Waals surface area contributed by atoms with Crippen molar-refractivity contribution in [3.8, 4) is 0 Å². The summed E-state index contributed by atoms with van der Waals surface area (Å²) in [6.45, 7) is -0.756. The van der Waals surface area contributed by atoms with Gasteiger partial charge in [-0.1, -0.05) is 0 Å². The highest BCUT2D eigenvalue weighted by Gasteiger charge is 2.21. The number of aliphatic carboxylic acids is 2. The summed E-state index contributed by atoms with van der Waals surface area (Å²) in [6.07, 6.45) is -0.569. The topological polar surface area (TPSA) is 193 Å². The summed E-state index contributed by atoms with van der Waals surface area (Å²) in [5, 5.41) is 21.3. The van der Waals surface area contributed by atoms with Gasteiger partial charge in [0.15, 0.2) is 0 Å². The summed E-state index contributed by atoms with van der Waals surface area (Å²) < 4.78 is 21.2. The Morgan fingerprint density at radius 1 is 1.18 bits per heavy atom. The molecule has 0 bridgehead atoms. The number of carbonyl (C=O) groups is 4. The number of hydrogen-bond acceptors (Lipinski definition) is 7. The molecule has 0 unspecified atom stereocenters. The molecule has 0 aliphatic rings. The SMILES string of the molecule is N[C@@H](CCC(=O)N[C@@H](C=S(=O)=O)C(=O)NCC(=O)O)C(=O)O. The van der Waals surface area contributed by atoms with E-state index in [-0.39, 0.29) is 12.8 Å². The maximum absolute atomic E-state index is 11.6. The van der Waals surface area contributed by atoms with Crippen molar-refractivity contribution in [2.24, 2.45) is 5.73 Å². The lowest BCUT2D eigenvalue weighted by Gasteiger charge is -2.13. The van der Waals surface area contributed by atoms with Gasteiger partial charge in [-0.15, -0.1) is 0 Å². The maximum atomic E-state index is 11.6. The van der Waals surface area contributed by atoms with Crippen molar-refractivity contribution in [1.82, 2.24) is 10.6 Å². The van der Waals surface area contributed by atoms with Gasteiger partial charge in [-0.3, -0.25) is 19.2 Å². The van der Waals surface area contributed by atoms with Crippen LogP contribution in [0.1, 0.15) is 12.8 Å². The molecule has 0 aromatic rings. The number of nitrogens with two attached hydrogens (primary N) is 1. The monoisotopic (exact) mass is 337 g/mol. The molecule has 0 aliphatic heterocycles. The van der Waals surface area contributed by atoms with Crippen LogP contribution in [-0.2, 0) is 29.5 Å². The summed E-state index contributed by atoms with van der Waals surface area (Å²) in [7, 11) is -2.78. The summed E-state index contributed by atoms with van der Waals surface area (Å²) in [6, 6.07) is -2.88. The number of hydrogen-bond donors (Lipinski definition) is 5. The Bertz CT molecular complexity index is 577. The Morgan fingerprint density at radius 3 is 2.23 bits per heavy atom. The van der Waals surface area contributed by atoms with E-state index < -0.39 is 52.7 Å². The normalized spacial score (nSPS) is 12.6. The quantitative estimate of drug-likeness (QED) is 0.266.